The van der Waals surface area contributed by atoms with Crippen molar-refractivity contribution in [3.8, 4) is 34.2 Å². The van der Waals surface area contributed by atoms with Gasteiger partial charge in [-0.25, -0.2) is 5.43 Å². The van der Waals surface area contributed by atoms with Gasteiger partial charge in [0.2, 0.25) is 11.8 Å². The molecule has 5 aliphatic heterocycles. The zero-order valence-corrected chi connectivity index (χ0v) is 44.7. The molecule has 4 fully saturated rings. The average Bonchev–Trinajstić information content (AvgIpc) is 3.69. The van der Waals surface area contributed by atoms with Crippen LogP contribution in [0.4, 0.5) is 0 Å². The van der Waals surface area contributed by atoms with Gasteiger partial charge in [0, 0.05) is 74.3 Å². The molecule has 0 spiro atoms. The molecule has 4 saturated heterocycles. The number of ether oxygens (including phenoxy) is 4. The number of hydrogen-bond donors (Lipinski definition) is 2. The Morgan fingerprint density at radius 3 is 2.51 bits per heavy atom. The molecule has 0 saturated carbocycles. The van der Waals surface area contributed by atoms with Crippen molar-refractivity contribution in [1.82, 2.24) is 40.0 Å². The van der Waals surface area contributed by atoms with Crippen molar-refractivity contribution in [2.24, 2.45) is 11.3 Å². The second-order valence-corrected chi connectivity index (χ2v) is 21.8. The fourth-order valence-electron chi connectivity index (χ4n) is 11.4. The first-order valence-electron chi connectivity index (χ1n) is 26.9. The molecule has 2 aromatic carbocycles. The fraction of sp³-hybridized carbons (Fsp3) is 0.552. The predicted octanol–water partition coefficient (Wildman–Crippen LogP) is 5.32. The molecule has 4 amide bonds. The number of pyridine rings is 1. The van der Waals surface area contributed by atoms with E-state index >= 15 is 0 Å². The lowest BCUT2D eigenvalue weighted by Crippen LogP contribution is -2.62. The molecule has 4 aromatic rings. The normalized spacial score (nSPS) is 23.0. The van der Waals surface area contributed by atoms with Crippen molar-refractivity contribution in [3.05, 3.63) is 77.6 Å². The number of fused-ring (bicyclic) bond motifs is 6. The molecule has 2 N–H and O–H groups in total. The maximum absolute atomic E-state index is 14.9. The number of nitrogens with one attached hydrogen (secondary N) is 2. The average molecular weight is 1030 g/mol. The van der Waals surface area contributed by atoms with Crippen molar-refractivity contribution < 1.29 is 42.9 Å². The molecule has 6 bridgehead atoms. The first-order valence-corrected chi connectivity index (χ1v) is 26.9. The molecule has 5 atom stereocenters. The smallest absolute Gasteiger partial charge is 0.324 e. The fourth-order valence-corrected chi connectivity index (χ4v) is 11.4. The van der Waals surface area contributed by atoms with Crippen LogP contribution in [-0.2, 0) is 62.3 Å². The summed E-state index contributed by atoms with van der Waals surface area (Å²) in [5.74, 6) is 3.42. The van der Waals surface area contributed by atoms with Crippen LogP contribution in [0.5, 0.6) is 0 Å². The van der Waals surface area contributed by atoms with E-state index in [0.717, 1.165) is 50.1 Å². The van der Waals surface area contributed by atoms with E-state index in [1.165, 1.54) is 9.91 Å². The molecule has 2 aromatic heterocycles. The van der Waals surface area contributed by atoms with Crippen molar-refractivity contribution in [2.75, 3.05) is 72.9 Å². The predicted molar refractivity (Wildman–Crippen MR) is 284 cm³/mol. The molecule has 5 aliphatic rings. The van der Waals surface area contributed by atoms with Gasteiger partial charge in [-0.05, 0) is 104 Å². The number of nitrogens with zero attached hydrogens (tertiary/aromatic N) is 6. The summed E-state index contributed by atoms with van der Waals surface area (Å²) in [6.45, 7) is 16.6. The Labute approximate surface area is 440 Å². The SMILES string of the molecule is CCn1c(-c2cccnc2[C@H](C)OC)c2c3cc(ccc31)-c1cccc(c1)C[C@H](NC(=O)C(C(C)C)N1CCCCN(C(=O)C#C[C@H]3COCCN3C3COC3)CC1=O)C(=O)N1CCC[C@H](N1)C(=O)OCC(C)(C)C2. The number of cyclic esters (lactones) is 1. The Hall–Kier alpha value is -6.16. The number of esters is 1. The molecule has 1 unspecified atom stereocenters. The van der Waals surface area contributed by atoms with Crippen LogP contribution >= 0.6 is 0 Å². The molecule has 7 heterocycles. The second-order valence-electron chi connectivity index (χ2n) is 21.8. The van der Waals surface area contributed by atoms with Crippen molar-refractivity contribution >= 4 is 40.5 Å². The van der Waals surface area contributed by atoms with E-state index in [-0.39, 0.29) is 49.6 Å². The van der Waals surface area contributed by atoms with Crippen LogP contribution in [0.25, 0.3) is 33.3 Å². The summed E-state index contributed by atoms with van der Waals surface area (Å²) in [4.78, 5) is 82.0. The number of benzene rings is 2. The van der Waals surface area contributed by atoms with Crippen LogP contribution in [-0.4, -0.2) is 162 Å². The Morgan fingerprint density at radius 1 is 0.947 bits per heavy atom. The highest BCUT2D eigenvalue weighted by Gasteiger charge is 2.40. The molecular weight excluding hydrogens is 953 g/mol. The van der Waals surface area contributed by atoms with E-state index in [1.54, 1.807) is 18.2 Å². The Morgan fingerprint density at radius 2 is 1.75 bits per heavy atom. The second kappa shape index (κ2) is 23.4. The molecule has 17 heteroatoms. The number of carbonyl (C=O) groups is 5. The van der Waals surface area contributed by atoms with Crippen LogP contribution in [0, 0.1) is 23.2 Å². The number of aryl methyl sites for hydroxylation is 1. The summed E-state index contributed by atoms with van der Waals surface area (Å²) >= 11 is 0. The highest BCUT2D eigenvalue weighted by atomic mass is 16.5. The molecule has 9 rings (SSSR count). The van der Waals surface area contributed by atoms with Gasteiger partial charge in [-0.15, -0.1) is 0 Å². The van der Waals surface area contributed by atoms with Gasteiger partial charge in [0.05, 0.1) is 62.6 Å². The minimum Gasteiger partial charge on any atom is -0.464 e. The van der Waals surface area contributed by atoms with Crippen LogP contribution in [0.1, 0.15) is 90.2 Å². The van der Waals surface area contributed by atoms with Gasteiger partial charge in [-0.1, -0.05) is 63.9 Å². The molecule has 17 nitrogen and oxygen atoms in total. The number of aromatic nitrogens is 2. The van der Waals surface area contributed by atoms with Gasteiger partial charge in [0.25, 0.3) is 11.8 Å². The lowest BCUT2D eigenvalue weighted by Gasteiger charge is -2.42. The number of hydrazine groups is 1. The highest BCUT2D eigenvalue weighted by molar-refractivity contribution is 5.98. The summed E-state index contributed by atoms with van der Waals surface area (Å²) in [5, 5.41) is 5.63. The summed E-state index contributed by atoms with van der Waals surface area (Å²) < 4.78 is 25.5. The van der Waals surface area contributed by atoms with E-state index in [4.69, 9.17) is 23.9 Å². The van der Waals surface area contributed by atoms with E-state index in [2.05, 4.69) is 89.2 Å². The largest absolute Gasteiger partial charge is 0.464 e. The highest BCUT2D eigenvalue weighted by Crippen LogP contribution is 2.42. The maximum Gasteiger partial charge on any atom is 0.324 e. The summed E-state index contributed by atoms with van der Waals surface area (Å²) in [6.07, 6.45) is 4.40. The van der Waals surface area contributed by atoms with Gasteiger partial charge in [-0.3, -0.25) is 38.9 Å². The van der Waals surface area contributed by atoms with Gasteiger partial charge in [0.15, 0.2) is 0 Å². The molecule has 0 radical (unpaired) electrons. The third kappa shape index (κ3) is 11.8. The van der Waals surface area contributed by atoms with Crippen LogP contribution in [0.2, 0.25) is 0 Å². The third-order valence-electron chi connectivity index (χ3n) is 15.5. The number of rotatable bonds is 9. The molecule has 400 valence electrons. The number of carbonyl (C=O) groups excluding carboxylic acids is 5. The van der Waals surface area contributed by atoms with Gasteiger partial charge in [0.1, 0.15) is 24.7 Å². The van der Waals surface area contributed by atoms with Crippen molar-refractivity contribution in [1.29, 1.82) is 0 Å². The molecular formula is C58H74N8O9. The van der Waals surface area contributed by atoms with E-state index in [0.29, 0.717) is 91.3 Å². The molecule has 0 aliphatic carbocycles. The maximum atomic E-state index is 14.9. The monoisotopic (exact) mass is 1030 g/mol. The van der Waals surface area contributed by atoms with Crippen LogP contribution in [0.15, 0.2) is 60.8 Å². The third-order valence-corrected chi connectivity index (χ3v) is 15.5. The lowest BCUT2D eigenvalue weighted by atomic mass is 9.84. The van der Waals surface area contributed by atoms with Gasteiger partial charge < -0.3 is 38.6 Å². The van der Waals surface area contributed by atoms with Gasteiger partial charge >= 0.3 is 5.97 Å². The molecule has 75 heavy (non-hydrogen) atoms. The zero-order valence-electron chi connectivity index (χ0n) is 44.7. The van der Waals surface area contributed by atoms with Crippen LogP contribution < -0.4 is 10.7 Å². The number of amides is 4. The van der Waals surface area contributed by atoms with E-state index < -0.39 is 47.2 Å². The quantitative estimate of drug-likeness (QED) is 0.163. The number of hydrogen-bond acceptors (Lipinski definition) is 12. The zero-order chi connectivity index (χ0) is 53.0. The topological polar surface area (TPSA) is 177 Å². The Kier molecular flexibility index (Phi) is 16.7. The first-order chi connectivity index (χ1) is 36.1. The standard InChI is InChI=1S/C58H74N8O9/c1-8-63-49-20-18-41-30-45(49)46(54(63)44-16-12-22-59-52(44)38(4)72-7)31-58(5,6)36-75-57(71)47-17-13-25-66(61-47)56(70)48(29-39-14-11-15-40(41)28-39)60-55(69)53(37(2)3)65-24-10-9-23-62(32-51(65)68)50(67)21-19-42-33-73-27-26-64(42)43-34-74-35-43/h11-12,14-16,18,20,22,28,30,37-38,42-43,47-48,53,61H,8-10,13,17,23-27,29,31-36H2,1-7H3,(H,60,69)/t38-,42-,47-,48-,53?/m0/s1. The minimum absolute atomic E-state index is 0.126. The van der Waals surface area contributed by atoms with E-state index in [9.17, 15) is 24.0 Å². The van der Waals surface area contributed by atoms with E-state index in [1.807, 2.05) is 39.0 Å². The summed E-state index contributed by atoms with van der Waals surface area (Å²) in [7, 11) is 1.69. The Balaban J connectivity index is 1.03. The summed E-state index contributed by atoms with van der Waals surface area (Å²) in [6, 6.07) is 15.8. The minimum atomic E-state index is -1.08. The number of methoxy groups -OCH3 is 1. The lowest BCUT2D eigenvalue weighted by molar-refractivity contribution is -0.155. The summed E-state index contributed by atoms with van der Waals surface area (Å²) in [5.41, 5.74) is 10.4. The van der Waals surface area contributed by atoms with Crippen molar-refractivity contribution in [2.45, 2.75) is 123 Å². The van der Waals surface area contributed by atoms with Gasteiger partial charge in [-0.2, -0.15) is 0 Å². The first kappa shape index (κ1) is 53.7. The van der Waals surface area contributed by atoms with Crippen LogP contribution in [0.3, 0.4) is 0 Å². The number of morpholine rings is 1. The van der Waals surface area contributed by atoms with Crippen molar-refractivity contribution in [3.63, 3.8) is 0 Å². The Bertz CT molecular complexity index is 2830.